The Balaban J connectivity index is 2.80. The molecule has 1 aromatic heterocycles. The summed E-state index contributed by atoms with van der Waals surface area (Å²) in [5.74, 6) is 0.638. The van der Waals surface area contributed by atoms with Gasteiger partial charge in [-0.2, -0.15) is 0 Å². The van der Waals surface area contributed by atoms with Gasteiger partial charge in [0.1, 0.15) is 6.20 Å². The topological polar surface area (TPSA) is 35.1 Å². The molecule has 0 aromatic carbocycles. The van der Waals surface area contributed by atoms with Crippen LogP contribution < -0.4 is 9.40 Å². The Morgan fingerprint density at radius 1 is 1.50 bits per heavy atom. The summed E-state index contributed by atoms with van der Waals surface area (Å²) in [7, 11) is 1.90. The Morgan fingerprint density at radius 3 is 2.43 bits per heavy atom. The number of carbonyl (C=O) groups excluding carboxylic acids is 1. The highest BCUT2D eigenvalue weighted by molar-refractivity contribution is 5.75. The van der Waals surface area contributed by atoms with Crippen molar-refractivity contribution in [3.05, 3.63) is 18.2 Å². The lowest BCUT2D eigenvalue weighted by Gasteiger charge is -2.13. The maximum atomic E-state index is 11.5. The van der Waals surface area contributed by atoms with Crippen LogP contribution in [-0.4, -0.2) is 10.7 Å². The fourth-order valence-corrected chi connectivity index (χ4v) is 0.854. The largest absolute Gasteiger partial charge is 0.363 e. The molecule has 4 nitrogen and oxygen atoms in total. The Labute approximate surface area is 84.1 Å². The zero-order valence-corrected chi connectivity index (χ0v) is 9.37. The molecule has 0 N–H and O–H groups in total. The Morgan fingerprint density at radius 2 is 2.07 bits per heavy atom. The number of rotatable bonds is 1. The maximum Gasteiger partial charge on any atom is 0.363 e. The molecule has 1 heterocycles. The number of aromatic nitrogens is 2. The second-order valence-electron chi connectivity index (χ2n) is 4.41. The van der Waals surface area contributed by atoms with Crippen LogP contribution in [0.2, 0.25) is 0 Å². The summed E-state index contributed by atoms with van der Waals surface area (Å²) in [5.41, 5.74) is -0.477. The molecule has 0 radical (unpaired) electrons. The second kappa shape index (κ2) is 3.44. The molecule has 1 aromatic rings. The van der Waals surface area contributed by atoms with Crippen molar-refractivity contribution in [1.82, 2.24) is 4.73 Å². The maximum absolute atomic E-state index is 11.5. The van der Waals surface area contributed by atoms with Crippen LogP contribution in [0, 0.1) is 12.3 Å². The molecule has 14 heavy (non-hydrogen) atoms. The van der Waals surface area contributed by atoms with Crippen molar-refractivity contribution in [3.63, 3.8) is 0 Å². The molecule has 0 amide bonds. The Kier molecular flexibility index (Phi) is 2.64. The van der Waals surface area contributed by atoms with E-state index in [1.54, 1.807) is 6.20 Å². The smallest absolute Gasteiger partial charge is 0.257 e. The van der Waals surface area contributed by atoms with Gasteiger partial charge in [-0.15, -0.1) is 0 Å². The third-order valence-electron chi connectivity index (χ3n) is 2.05. The highest BCUT2D eigenvalue weighted by Gasteiger charge is 2.27. The third kappa shape index (κ3) is 2.13. The summed E-state index contributed by atoms with van der Waals surface area (Å²) in [4.78, 5) is 16.7. The second-order valence-corrected chi connectivity index (χ2v) is 4.41. The molecular formula is C10H17N2O2+. The van der Waals surface area contributed by atoms with Crippen LogP contribution in [0.15, 0.2) is 12.4 Å². The van der Waals surface area contributed by atoms with Crippen molar-refractivity contribution in [2.75, 3.05) is 0 Å². The minimum absolute atomic E-state index is 0.239. The summed E-state index contributed by atoms with van der Waals surface area (Å²) in [5, 5.41) is 0. The third-order valence-corrected chi connectivity index (χ3v) is 2.05. The normalized spacial score (nSPS) is 11.5. The van der Waals surface area contributed by atoms with Gasteiger partial charge in [0.05, 0.1) is 12.5 Å². The summed E-state index contributed by atoms with van der Waals surface area (Å²) < 4.78 is 3.36. The molecule has 0 fully saturated rings. The Hall–Kier alpha value is -1.32. The van der Waals surface area contributed by atoms with Crippen LogP contribution in [-0.2, 0) is 11.8 Å². The molecule has 1 rings (SSSR count). The zero-order chi connectivity index (χ0) is 10.9. The average Bonchev–Trinajstić information content (AvgIpc) is 2.34. The molecule has 4 heteroatoms. The Bertz CT molecular complexity index is 347. The zero-order valence-electron chi connectivity index (χ0n) is 9.37. The summed E-state index contributed by atoms with van der Waals surface area (Å²) >= 11 is 0. The SMILES string of the molecule is Cc1n(OC(=O)C(C)(C)C)cc[n+]1C. The summed E-state index contributed by atoms with van der Waals surface area (Å²) in [6, 6.07) is 0. The molecule has 0 spiro atoms. The number of carbonyl (C=O) groups is 1. The predicted molar refractivity (Wildman–Crippen MR) is 51.4 cm³/mol. The molecule has 0 aliphatic rings. The highest BCUT2D eigenvalue weighted by atomic mass is 16.7. The average molecular weight is 197 g/mol. The van der Waals surface area contributed by atoms with E-state index in [1.807, 2.05) is 45.5 Å². The minimum atomic E-state index is -0.477. The highest BCUT2D eigenvalue weighted by Crippen LogP contribution is 2.13. The van der Waals surface area contributed by atoms with E-state index in [4.69, 9.17) is 4.84 Å². The van der Waals surface area contributed by atoms with Crippen molar-refractivity contribution in [1.29, 1.82) is 0 Å². The van der Waals surface area contributed by atoms with Gasteiger partial charge in [-0.05, 0) is 25.5 Å². The minimum Gasteiger partial charge on any atom is -0.257 e. The van der Waals surface area contributed by atoms with Gasteiger partial charge in [0.25, 0.3) is 5.82 Å². The monoisotopic (exact) mass is 197 g/mol. The van der Waals surface area contributed by atoms with Crippen molar-refractivity contribution in [2.24, 2.45) is 12.5 Å². The van der Waals surface area contributed by atoms with Crippen LogP contribution in [0.25, 0.3) is 0 Å². The fraction of sp³-hybridized carbons (Fsp3) is 0.600. The van der Waals surface area contributed by atoms with Gasteiger partial charge in [0.15, 0.2) is 6.20 Å². The van der Waals surface area contributed by atoms with E-state index in [9.17, 15) is 4.79 Å². The number of nitrogens with zero attached hydrogens (tertiary/aromatic N) is 2. The van der Waals surface area contributed by atoms with E-state index >= 15 is 0 Å². The van der Waals surface area contributed by atoms with E-state index in [0.29, 0.717) is 0 Å². The van der Waals surface area contributed by atoms with Gasteiger partial charge in [0, 0.05) is 6.92 Å². The molecule has 0 aliphatic carbocycles. The number of hydrogen-bond acceptors (Lipinski definition) is 2. The van der Waals surface area contributed by atoms with Crippen molar-refractivity contribution >= 4 is 5.97 Å². The lowest BCUT2D eigenvalue weighted by molar-refractivity contribution is -0.678. The van der Waals surface area contributed by atoms with Gasteiger partial charge in [0.2, 0.25) is 0 Å². The number of hydrogen-bond donors (Lipinski definition) is 0. The van der Waals surface area contributed by atoms with E-state index in [0.717, 1.165) is 5.82 Å². The van der Waals surface area contributed by atoms with Crippen LogP contribution in [0.5, 0.6) is 0 Å². The summed E-state index contributed by atoms with van der Waals surface area (Å²) in [6.45, 7) is 7.37. The first-order chi connectivity index (χ1) is 6.32. The van der Waals surface area contributed by atoms with Gasteiger partial charge >= 0.3 is 5.97 Å². The molecule has 78 valence electrons. The van der Waals surface area contributed by atoms with Crippen LogP contribution in [0.1, 0.15) is 26.6 Å². The lowest BCUT2D eigenvalue weighted by atomic mass is 9.98. The van der Waals surface area contributed by atoms with E-state index < -0.39 is 5.41 Å². The lowest BCUT2D eigenvalue weighted by Crippen LogP contribution is -2.35. The van der Waals surface area contributed by atoms with E-state index in [2.05, 4.69) is 0 Å². The van der Waals surface area contributed by atoms with Crippen molar-refractivity contribution in [3.8, 4) is 0 Å². The molecule has 0 bridgehead atoms. The first-order valence-electron chi connectivity index (χ1n) is 4.58. The molecule has 0 atom stereocenters. The molecule has 0 aliphatic heterocycles. The predicted octanol–water partition coefficient (Wildman–Crippen LogP) is 0.622. The van der Waals surface area contributed by atoms with Gasteiger partial charge in [-0.3, -0.25) is 4.84 Å². The molecule has 0 saturated carbocycles. The fourth-order valence-electron chi connectivity index (χ4n) is 0.854. The first-order valence-corrected chi connectivity index (χ1v) is 4.58. The van der Waals surface area contributed by atoms with Crippen molar-refractivity contribution < 1.29 is 14.2 Å². The van der Waals surface area contributed by atoms with Gasteiger partial charge < -0.3 is 0 Å². The van der Waals surface area contributed by atoms with Crippen LogP contribution in [0.3, 0.4) is 0 Å². The van der Waals surface area contributed by atoms with Crippen LogP contribution >= 0.6 is 0 Å². The van der Waals surface area contributed by atoms with Crippen molar-refractivity contribution in [2.45, 2.75) is 27.7 Å². The quantitative estimate of drug-likeness (QED) is 0.619. The summed E-state index contributed by atoms with van der Waals surface area (Å²) in [6.07, 6.45) is 3.56. The van der Waals surface area contributed by atoms with Gasteiger partial charge in [-0.1, -0.05) is 0 Å². The molecular weight excluding hydrogens is 180 g/mol. The molecule has 0 saturated heterocycles. The van der Waals surface area contributed by atoms with E-state index in [1.165, 1.54) is 4.73 Å². The number of aryl methyl sites for hydroxylation is 1. The van der Waals surface area contributed by atoms with Crippen LogP contribution in [0.4, 0.5) is 0 Å². The molecule has 0 unspecified atom stereocenters. The van der Waals surface area contributed by atoms with Gasteiger partial charge in [-0.25, -0.2) is 9.36 Å². The standard InChI is InChI=1S/C10H17N2O2/c1-8-11(5)6-7-12(8)14-9(13)10(2,3)4/h6-7H,1-5H3/q+1. The number of imidazole rings is 1. The first kappa shape index (κ1) is 10.8. The van der Waals surface area contributed by atoms with E-state index in [-0.39, 0.29) is 5.97 Å².